The number of nitrogens with one attached hydrogen (secondary N) is 3. The highest BCUT2D eigenvalue weighted by Crippen LogP contribution is 2.33. The highest BCUT2D eigenvalue weighted by atomic mass is 16.5. The van der Waals surface area contributed by atoms with Gasteiger partial charge in [-0.25, -0.2) is 4.98 Å². The Balaban J connectivity index is 1.48. The lowest BCUT2D eigenvalue weighted by molar-refractivity contribution is 0.0398. The quantitative estimate of drug-likeness (QED) is 0.635. The molecule has 2 aromatic rings. The van der Waals surface area contributed by atoms with E-state index in [-0.39, 0.29) is 17.4 Å². The molecule has 8 heteroatoms. The first-order valence-corrected chi connectivity index (χ1v) is 10.9. The number of benzene rings is 1. The number of aromatic nitrogens is 2. The molecule has 3 N–H and O–H groups in total. The van der Waals surface area contributed by atoms with Crippen LogP contribution in [0.4, 0.5) is 11.4 Å². The molecule has 31 heavy (non-hydrogen) atoms. The average Bonchev–Trinajstić information content (AvgIpc) is 3.31. The Kier molecular flexibility index (Phi) is 6.97. The number of aromatic amines is 1. The van der Waals surface area contributed by atoms with Gasteiger partial charge in [0.2, 0.25) is 0 Å². The molecule has 0 bridgehead atoms. The van der Waals surface area contributed by atoms with E-state index < -0.39 is 0 Å². The van der Waals surface area contributed by atoms with Crippen LogP contribution < -0.4 is 10.6 Å². The van der Waals surface area contributed by atoms with E-state index in [4.69, 9.17) is 10.00 Å². The number of nitrogens with zero attached hydrogens (tertiary/aromatic N) is 3. The highest BCUT2D eigenvalue weighted by molar-refractivity contribution is 6.03. The number of hydrogen-bond acceptors (Lipinski definition) is 6. The largest absolute Gasteiger partial charge is 0.384 e. The van der Waals surface area contributed by atoms with E-state index in [1.54, 1.807) is 0 Å². The van der Waals surface area contributed by atoms with Gasteiger partial charge in [0, 0.05) is 49.3 Å². The standard InChI is InChI=1S/C23H28N6O2/c24-15-19-16-26-22(27-19)23(30)28-21-7-6-18(14-20(21)17-4-2-1-3-5-17)25-8-9-29-10-12-31-13-11-29/h4,6-7,14,16,25H,1-3,5,8-13H2,(H,26,27)(H,28,30). The summed E-state index contributed by atoms with van der Waals surface area (Å²) >= 11 is 0. The molecule has 1 aromatic heterocycles. The summed E-state index contributed by atoms with van der Waals surface area (Å²) in [6, 6.07) is 7.98. The minimum Gasteiger partial charge on any atom is -0.384 e. The summed E-state index contributed by atoms with van der Waals surface area (Å²) in [5.41, 5.74) is 4.29. The van der Waals surface area contributed by atoms with Gasteiger partial charge in [-0.15, -0.1) is 0 Å². The zero-order valence-corrected chi connectivity index (χ0v) is 17.6. The lowest BCUT2D eigenvalue weighted by Gasteiger charge is -2.26. The summed E-state index contributed by atoms with van der Waals surface area (Å²) in [5.74, 6) is -0.222. The Morgan fingerprint density at radius 1 is 1.29 bits per heavy atom. The van der Waals surface area contributed by atoms with Gasteiger partial charge in [-0.2, -0.15) is 5.26 Å². The van der Waals surface area contributed by atoms with Crippen LogP contribution in [0.1, 0.15) is 47.6 Å². The van der Waals surface area contributed by atoms with Gasteiger partial charge in [-0.05, 0) is 49.5 Å². The van der Waals surface area contributed by atoms with Crippen molar-refractivity contribution in [2.75, 3.05) is 50.0 Å². The Morgan fingerprint density at radius 2 is 2.16 bits per heavy atom. The zero-order chi connectivity index (χ0) is 21.5. The molecule has 1 fully saturated rings. The summed E-state index contributed by atoms with van der Waals surface area (Å²) in [6.45, 7) is 5.39. The molecular weight excluding hydrogens is 392 g/mol. The Morgan fingerprint density at radius 3 is 2.90 bits per heavy atom. The number of amides is 1. The number of hydrogen-bond donors (Lipinski definition) is 3. The predicted molar refractivity (Wildman–Crippen MR) is 120 cm³/mol. The van der Waals surface area contributed by atoms with Crippen LogP contribution in [0.5, 0.6) is 0 Å². The van der Waals surface area contributed by atoms with Gasteiger partial charge in [0.05, 0.1) is 13.2 Å². The lowest BCUT2D eigenvalue weighted by Crippen LogP contribution is -2.39. The van der Waals surface area contributed by atoms with Gasteiger partial charge in [0.1, 0.15) is 6.07 Å². The van der Waals surface area contributed by atoms with Crippen molar-refractivity contribution >= 4 is 22.9 Å². The van der Waals surface area contributed by atoms with Crippen molar-refractivity contribution in [3.05, 3.63) is 47.6 Å². The smallest absolute Gasteiger partial charge is 0.291 e. The molecule has 1 aromatic carbocycles. The molecule has 1 saturated heterocycles. The topological polar surface area (TPSA) is 106 Å². The maximum absolute atomic E-state index is 12.6. The van der Waals surface area contributed by atoms with Crippen LogP contribution in [0.3, 0.4) is 0 Å². The second-order valence-electron chi connectivity index (χ2n) is 7.82. The van der Waals surface area contributed by atoms with Gasteiger partial charge >= 0.3 is 0 Å². The van der Waals surface area contributed by atoms with Gasteiger partial charge in [-0.1, -0.05) is 6.08 Å². The SMILES string of the molecule is N#Cc1c[nH]c(C(=O)Nc2ccc(NCCN3CCOCC3)cc2C2=CCCCC2)n1. The second-order valence-corrected chi connectivity index (χ2v) is 7.82. The van der Waals surface area contributed by atoms with Gasteiger partial charge in [-0.3, -0.25) is 9.69 Å². The van der Waals surface area contributed by atoms with Gasteiger partial charge < -0.3 is 20.4 Å². The van der Waals surface area contributed by atoms with E-state index >= 15 is 0 Å². The summed E-state index contributed by atoms with van der Waals surface area (Å²) in [5, 5.41) is 15.4. The van der Waals surface area contributed by atoms with Crippen LogP contribution in [0.25, 0.3) is 5.57 Å². The summed E-state index contributed by atoms with van der Waals surface area (Å²) in [4.78, 5) is 21.8. The van der Waals surface area contributed by atoms with Gasteiger partial charge in [0.15, 0.2) is 11.5 Å². The van der Waals surface area contributed by atoms with Crippen molar-refractivity contribution in [2.24, 2.45) is 0 Å². The van der Waals surface area contributed by atoms with Crippen molar-refractivity contribution in [2.45, 2.75) is 25.7 Å². The molecule has 0 saturated carbocycles. The van der Waals surface area contributed by atoms with Crippen LogP contribution in [-0.4, -0.2) is 60.2 Å². The van der Waals surface area contributed by atoms with Crippen LogP contribution in [-0.2, 0) is 4.74 Å². The molecule has 0 unspecified atom stereocenters. The third kappa shape index (κ3) is 5.51. The second kappa shape index (κ2) is 10.2. The molecule has 2 aliphatic rings. The van der Waals surface area contributed by atoms with Crippen molar-refractivity contribution in [1.29, 1.82) is 5.26 Å². The number of nitriles is 1. The van der Waals surface area contributed by atoms with E-state index in [1.165, 1.54) is 18.2 Å². The van der Waals surface area contributed by atoms with Crippen LogP contribution in [0, 0.1) is 11.3 Å². The number of H-pyrrole nitrogens is 1. The molecular formula is C23H28N6O2. The molecule has 0 atom stereocenters. The van der Waals surface area contributed by atoms with Crippen LogP contribution in [0.2, 0.25) is 0 Å². The van der Waals surface area contributed by atoms with Crippen molar-refractivity contribution in [1.82, 2.24) is 14.9 Å². The van der Waals surface area contributed by atoms with E-state index in [9.17, 15) is 4.79 Å². The van der Waals surface area contributed by atoms with E-state index in [0.717, 1.165) is 75.6 Å². The third-order valence-corrected chi connectivity index (χ3v) is 5.67. The van der Waals surface area contributed by atoms with E-state index in [0.29, 0.717) is 0 Å². The molecule has 2 heterocycles. The Hall–Kier alpha value is -3.15. The number of ether oxygens (including phenoxy) is 1. The van der Waals surface area contributed by atoms with Crippen molar-refractivity contribution < 1.29 is 9.53 Å². The van der Waals surface area contributed by atoms with E-state index in [2.05, 4.69) is 37.6 Å². The Bertz CT molecular complexity index is 984. The summed E-state index contributed by atoms with van der Waals surface area (Å²) < 4.78 is 5.41. The number of imidazole rings is 1. The number of carbonyl (C=O) groups excluding carboxylic acids is 1. The molecule has 1 amide bonds. The lowest BCUT2D eigenvalue weighted by atomic mass is 9.92. The fraction of sp³-hybridized carbons (Fsp3) is 0.435. The molecule has 8 nitrogen and oxygen atoms in total. The molecule has 0 spiro atoms. The molecule has 4 rings (SSSR count). The van der Waals surface area contributed by atoms with Gasteiger partial charge in [0.25, 0.3) is 5.91 Å². The first-order valence-electron chi connectivity index (χ1n) is 10.9. The number of allylic oxidation sites excluding steroid dienone is 2. The predicted octanol–water partition coefficient (Wildman–Crippen LogP) is 3.24. The number of rotatable bonds is 7. The van der Waals surface area contributed by atoms with E-state index in [1.807, 2.05) is 18.2 Å². The number of carbonyl (C=O) groups is 1. The summed E-state index contributed by atoms with van der Waals surface area (Å²) in [6.07, 6.45) is 8.11. The summed E-state index contributed by atoms with van der Waals surface area (Å²) in [7, 11) is 0. The minimum absolute atomic E-state index is 0.132. The maximum atomic E-state index is 12.6. The molecule has 162 valence electrons. The minimum atomic E-state index is -0.354. The molecule has 0 radical (unpaired) electrons. The van der Waals surface area contributed by atoms with Crippen LogP contribution >= 0.6 is 0 Å². The fourth-order valence-corrected chi connectivity index (χ4v) is 3.97. The van der Waals surface area contributed by atoms with Crippen molar-refractivity contribution in [3.63, 3.8) is 0 Å². The zero-order valence-electron chi connectivity index (χ0n) is 17.6. The maximum Gasteiger partial charge on any atom is 0.291 e. The Labute approximate surface area is 182 Å². The highest BCUT2D eigenvalue weighted by Gasteiger charge is 2.17. The third-order valence-electron chi connectivity index (χ3n) is 5.67. The first kappa shape index (κ1) is 21.1. The number of anilines is 2. The van der Waals surface area contributed by atoms with Crippen molar-refractivity contribution in [3.8, 4) is 6.07 Å². The molecule has 1 aliphatic carbocycles. The first-order chi connectivity index (χ1) is 15.2. The average molecular weight is 421 g/mol. The fourth-order valence-electron chi connectivity index (χ4n) is 3.97. The normalized spacial score (nSPS) is 16.9. The molecule has 1 aliphatic heterocycles. The van der Waals surface area contributed by atoms with Crippen LogP contribution in [0.15, 0.2) is 30.5 Å². The monoisotopic (exact) mass is 420 g/mol. The number of morpholine rings is 1.